The zero-order chi connectivity index (χ0) is 26.5. The van der Waals surface area contributed by atoms with Crippen molar-refractivity contribution < 1.29 is 29.0 Å². The van der Waals surface area contributed by atoms with E-state index < -0.39 is 5.97 Å². The van der Waals surface area contributed by atoms with Gasteiger partial charge in [-0.05, 0) is 77.9 Å². The molecule has 3 aromatic carbocycles. The zero-order valence-corrected chi connectivity index (χ0v) is 22.7. The van der Waals surface area contributed by atoms with E-state index in [9.17, 15) is 14.4 Å². The second kappa shape index (κ2) is 11.9. The first-order valence-corrected chi connectivity index (χ1v) is 13.1. The average Bonchev–Trinajstić information content (AvgIpc) is 3.14. The third kappa shape index (κ3) is 6.54. The summed E-state index contributed by atoms with van der Waals surface area (Å²) < 4.78 is 12.4. The van der Waals surface area contributed by atoms with E-state index in [0.29, 0.717) is 38.1 Å². The van der Waals surface area contributed by atoms with E-state index in [-0.39, 0.29) is 29.9 Å². The number of carbonyl (C=O) groups is 3. The highest BCUT2D eigenvalue weighted by Crippen LogP contribution is 2.39. The number of amides is 2. The Morgan fingerprint density at radius 3 is 2.32 bits per heavy atom. The summed E-state index contributed by atoms with van der Waals surface area (Å²) in [6, 6.07) is 16.9. The summed E-state index contributed by atoms with van der Waals surface area (Å²) in [6.07, 6.45) is 1.65. The lowest BCUT2D eigenvalue weighted by Gasteiger charge is -2.14. The molecule has 1 saturated heterocycles. The number of carbonyl (C=O) groups excluding carboxylic acids is 2. The van der Waals surface area contributed by atoms with Crippen molar-refractivity contribution in [2.45, 2.75) is 20.1 Å². The Bertz CT molecular complexity index is 1370. The lowest BCUT2D eigenvalue weighted by molar-refractivity contribution is -0.123. The quantitative estimate of drug-likeness (QED) is 0.263. The lowest BCUT2D eigenvalue weighted by Crippen LogP contribution is -2.27. The number of benzene rings is 3. The van der Waals surface area contributed by atoms with Gasteiger partial charge in [-0.2, -0.15) is 0 Å². The summed E-state index contributed by atoms with van der Waals surface area (Å²) >= 11 is 10.3. The molecule has 1 aliphatic heterocycles. The topological polar surface area (TPSA) is 93.1 Å². The molecule has 4 rings (SSSR count). The molecule has 1 N–H and O–H groups in total. The summed E-state index contributed by atoms with van der Waals surface area (Å²) in [5.41, 5.74) is 2.44. The van der Waals surface area contributed by atoms with Crippen molar-refractivity contribution in [1.29, 1.82) is 0 Å². The van der Waals surface area contributed by atoms with E-state index in [2.05, 4.69) is 15.9 Å². The van der Waals surface area contributed by atoms with Crippen LogP contribution >= 0.6 is 39.3 Å². The SMILES string of the molecule is CCOc1cc(/C=C2\SC(=O)N(Cc3ccc(Cl)cc3)C2=O)c(Br)cc1OCc1ccc(C(=O)O)cc1. The summed E-state index contributed by atoms with van der Waals surface area (Å²) in [5.74, 6) is -0.420. The first-order valence-electron chi connectivity index (χ1n) is 11.2. The van der Waals surface area contributed by atoms with Crippen molar-refractivity contribution in [2.75, 3.05) is 6.61 Å². The van der Waals surface area contributed by atoms with Gasteiger partial charge in [0.2, 0.25) is 0 Å². The van der Waals surface area contributed by atoms with Crippen LogP contribution in [0.4, 0.5) is 4.79 Å². The number of nitrogens with zero attached hydrogens (tertiary/aromatic N) is 1. The van der Waals surface area contributed by atoms with Crippen LogP contribution in [0.5, 0.6) is 11.5 Å². The van der Waals surface area contributed by atoms with Crippen LogP contribution in [0.1, 0.15) is 34.0 Å². The minimum absolute atomic E-state index is 0.158. The molecule has 0 aromatic heterocycles. The van der Waals surface area contributed by atoms with Crippen molar-refractivity contribution in [3.63, 3.8) is 0 Å². The van der Waals surface area contributed by atoms with E-state index in [4.69, 9.17) is 26.2 Å². The van der Waals surface area contributed by atoms with Gasteiger partial charge >= 0.3 is 5.97 Å². The maximum absolute atomic E-state index is 13.0. The molecule has 1 aliphatic rings. The molecule has 1 heterocycles. The van der Waals surface area contributed by atoms with Crippen molar-refractivity contribution >= 4 is 62.5 Å². The largest absolute Gasteiger partial charge is 0.490 e. The minimum Gasteiger partial charge on any atom is -0.490 e. The summed E-state index contributed by atoms with van der Waals surface area (Å²) in [4.78, 5) is 38.1. The van der Waals surface area contributed by atoms with Crippen LogP contribution in [0.15, 0.2) is 70.0 Å². The number of aromatic carboxylic acids is 1. The van der Waals surface area contributed by atoms with Crippen molar-refractivity contribution in [1.82, 2.24) is 4.90 Å². The summed E-state index contributed by atoms with van der Waals surface area (Å²) in [7, 11) is 0. The highest BCUT2D eigenvalue weighted by atomic mass is 79.9. The number of halogens is 2. The molecule has 10 heteroatoms. The third-order valence-electron chi connectivity index (χ3n) is 5.37. The fraction of sp³-hybridized carbons (Fsp3) is 0.148. The molecule has 0 bridgehead atoms. The molecule has 0 unspecified atom stereocenters. The molecule has 1 fully saturated rings. The van der Waals surface area contributed by atoms with Gasteiger partial charge in [0, 0.05) is 9.50 Å². The Kier molecular flexibility index (Phi) is 8.58. The first-order chi connectivity index (χ1) is 17.7. The molecule has 0 atom stereocenters. The van der Waals surface area contributed by atoms with Gasteiger partial charge in [-0.15, -0.1) is 0 Å². The Morgan fingerprint density at radius 1 is 1.03 bits per heavy atom. The Morgan fingerprint density at radius 2 is 1.68 bits per heavy atom. The van der Waals surface area contributed by atoms with Crippen LogP contribution < -0.4 is 9.47 Å². The highest BCUT2D eigenvalue weighted by Gasteiger charge is 2.35. The number of carboxylic acids is 1. The first kappa shape index (κ1) is 26.8. The number of carboxylic acid groups (broad SMARTS) is 1. The summed E-state index contributed by atoms with van der Waals surface area (Å²) in [5, 5.41) is 9.29. The predicted molar refractivity (Wildman–Crippen MR) is 146 cm³/mol. The van der Waals surface area contributed by atoms with Crippen LogP contribution in [0.25, 0.3) is 6.08 Å². The van der Waals surface area contributed by atoms with E-state index in [0.717, 1.165) is 22.9 Å². The van der Waals surface area contributed by atoms with Gasteiger partial charge in [-0.1, -0.05) is 51.8 Å². The van der Waals surface area contributed by atoms with Crippen LogP contribution in [0.3, 0.4) is 0 Å². The molecular formula is C27H21BrClNO6S. The second-order valence-electron chi connectivity index (χ2n) is 7.94. The van der Waals surface area contributed by atoms with Gasteiger partial charge in [0.05, 0.1) is 23.6 Å². The Balaban J connectivity index is 1.53. The molecule has 0 radical (unpaired) electrons. The fourth-order valence-electron chi connectivity index (χ4n) is 3.50. The normalized spacial score (nSPS) is 14.4. The predicted octanol–water partition coefficient (Wildman–Crippen LogP) is 7.01. The fourth-order valence-corrected chi connectivity index (χ4v) is 4.89. The molecule has 0 spiro atoms. The van der Waals surface area contributed by atoms with Crippen molar-refractivity contribution in [3.05, 3.63) is 97.3 Å². The number of hydrogen-bond donors (Lipinski definition) is 1. The molecule has 7 nitrogen and oxygen atoms in total. The second-order valence-corrected chi connectivity index (χ2v) is 10.2. The number of ether oxygens (including phenoxy) is 2. The molecule has 0 saturated carbocycles. The standard InChI is InChI=1S/C27H21BrClNO6S/c1-2-35-22-11-19(21(28)13-23(22)36-15-17-3-7-18(8-4-17)26(32)33)12-24-25(31)30(27(34)37-24)14-16-5-9-20(29)10-6-16/h3-13H,2,14-15H2,1H3,(H,32,33)/b24-12-. The third-order valence-corrected chi connectivity index (χ3v) is 7.22. The number of imide groups is 1. The van der Waals surface area contributed by atoms with Gasteiger partial charge in [-0.3, -0.25) is 14.5 Å². The minimum atomic E-state index is -0.992. The molecule has 2 amide bonds. The van der Waals surface area contributed by atoms with Gasteiger partial charge < -0.3 is 14.6 Å². The molecule has 3 aromatic rings. The Labute approximate surface area is 231 Å². The van der Waals surface area contributed by atoms with E-state index in [1.54, 1.807) is 54.6 Å². The van der Waals surface area contributed by atoms with Gasteiger partial charge in [0.1, 0.15) is 6.61 Å². The van der Waals surface area contributed by atoms with Crippen molar-refractivity contribution in [2.24, 2.45) is 0 Å². The number of thioether (sulfide) groups is 1. The van der Waals surface area contributed by atoms with E-state index in [1.807, 2.05) is 6.92 Å². The maximum Gasteiger partial charge on any atom is 0.335 e. The molecule has 190 valence electrons. The van der Waals surface area contributed by atoms with Gasteiger partial charge in [-0.25, -0.2) is 4.79 Å². The smallest absolute Gasteiger partial charge is 0.335 e. The van der Waals surface area contributed by atoms with Crippen LogP contribution in [0.2, 0.25) is 5.02 Å². The Hall–Kier alpha value is -3.27. The monoisotopic (exact) mass is 601 g/mol. The van der Waals surface area contributed by atoms with Crippen molar-refractivity contribution in [3.8, 4) is 11.5 Å². The van der Waals surface area contributed by atoms with Crippen LogP contribution in [-0.4, -0.2) is 33.7 Å². The van der Waals surface area contributed by atoms with Crippen LogP contribution in [0, 0.1) is 0 Å². The maximum atomic E-state index is 13.0. The van der Waals surface area contributed by atoms with E-state index >= 15 is 0 Å². The lowest BCUT2D eigenvalue weighted by atomic mass is 10.1. The highest BCUT2D eigenvalue weighted by molar-refractivity contribution is 9.10. The molecular weight excluding hydrogens is 582 g/mol. The van der Waals surface area contributed by atoms with E-state index in [1.165, 1.54) is 17.0 Å². The number of rotatable bonds is 9. The number of hydrogen-bond acceptors (Lipinski definition) is 6. The van der Waals surface area contributed by atoms with Crippen LogP contribution in [-0.2, 0) is 17.9 Å². The molecule has 0 aliphatic carbocycles. The average molecular weight is 603 g/mol. The summed E-state index contributed by atoms with van der Waals surface area (Å²) in [6.45, 7) is 2.60. The zero-order valence-electron chi connectivity index (χ0n) is 19.6. The van der Waals surface area contributed by atoms with Gasteiger partial charge in [0.15, 0.2) is 11.5 Å². The van der Waals surface area contributed by atoms with Gasteiger partial charge in [0.25, 0.3) is 11.1 Å². The molecule has 37 heavy (non-hydrogen) atoms.